The van der Waals surface area contributed by atoms with Gasteiger partial charge in [-0.05, 0) is 34.6 Å². The molecule has 0 aromatic heterocycles. The van der Waals surface area contributed by atoms with E-state index in [0.717, 1.165) is 5.56 Å². The van der Waals surface area contributed by atoms with Crippen LogP contribution in [-0.2, 0) is 4.57 Å². The van der Waals surface area contributed by atoms with E-state index in [9.17, 15) is 9.46 Å². The minimum atomic E-state index is -4.29. The first-order valence-electron chi connectivity index (χ1n) is 7.20. The first-order valence-corrected chi connectivity index (χ1v) is 11.3. The lowest BCUT2D eigenvalue weighted by atomic mass is 10.2. The third-order valence-electron chi connectivity index (χ3n) is 4.04. The summed E-state index contributed by atoms with van der Waals surface area (Å²) in [5.41, 5.74) is 0.960. The van der Waals surface area contributed by atoms with Crippen molar-refractivity contribution in [1.82, 2.24) is 0 Å². The Kier molecular flexibility index (Phi) is 8.86. The molecule has 5 heteroatoms. The highest BCUT2D eigenvalue weighted by Gasteiger charge is 2.27. The van der Waals surface area contributed by atoms with Gasteiger partial charge in [0.1, 0.15) is 0 Å². The molecule has 1 N–H and O–H groups in total. The summed E-state index contributed by atoms with van der Waals surface area (Å²) < 4.78 is 10.5. The van der Waals surface area contributed by atoms with Crippen molar-refractivity contribution in [3.63, 3.8) is 0 Å². The van der Waals surface area contributed by atoms with E-state index in [1.54, 1.807) is 12.1 Å². The molecule has 0 amide bonds. The second-order valence-corrected chi connectivity index (χ2v) is 11.7. The maximum atomic E-state index is 10.5. The Morgan fingerprint density at radius 1 is 1.00 bits per heavy atom. The summed E-state index contributed by atoms with van der Waals surface area (Å²) in [6.45, 7) is 11.2. The number of benzene rings is 1. The highest BCUT2D eigenvalue weighted by Crippen LogP contribution is 2.57. The zero-order chi connectivity index (χ0) is 15.8. The van der Waals surface area contributed by atoms with Crippen molar-refractivity contribution in [1.29, 1.82) is 0 Å². The van der Waals surface area contributed by atoms with Crippen LogP contribution in [0.1, 0.15) is 33.3 Å². The highest BCUT2D eigenvalue weighted by molar-refractivity contribution is 7.75. The highest BCUT2D eigenvalue weighted by atomic mass is 31.2. The Morgan fingerprint density at radius 2 is 1.35 bits per heavy atom. The van der Waals surface area contributed by atoms with E-state index >= 15 is 0 Å². The molecule has 1 aromatic carbocycles. The van der Waals surface area contributed by atoms with Gasteiger partial charge in [0.2, 0.25) is 0 Å². The molecule has 0 radical (unpaired) electrons. The zero-order valence-electron chi connectivity index (χ0n) is 13.3. The Balaban J connectivity index is 0.000000370. The summed E-state index contributed by atoms with van der Waals surface area (Å²) in [7, 11) is -4.71. The largest absolute Gasteiger partial charge is 0.775 e. The average Bonchev–Trinajstić information content (AvgIpc) is 2.42. The minimum absolute atomic E-state index is 0.0388. The molecule has 0 fully saturated rings. The van der Waals surface area contributed by atoms with Crippen LogP contribution in [0.5, 0.6) is 0 Å². The van der Waals surface area contributed by atoms with Gasteiger partial charge in [-0.25, -0.2) is 0 Å². The van der Waals surface area contributed by atoms with Gasteiger partial charge in [0.25, 0.3) is 0 Å². The lowest BCUT2D eigenvalue weighted by Crippen LogP contribution is -2.13. The molecule has 0 heterocycles. The predicted molar refractivity (Wildman–Crippen MR) is 89.7 cm³/mol. The van der Waals surface area contributed by atoms with Crippen LogP contribution in [0.15, 0.2) is 24.3 Å². The van der Waals surface area contributed by atoms with E-state index in [-0.39, 0.29) is 5.30 Å². The predicted octanol–water partition coefficient (Wildman–Crippen LogP) is 3.25. The lowest BCUT2D eigenvalue weighted by Gasteiger charge is -2.20. The van der Waals surface area contributed by atoms with Crippen LogP contribution in [-0.4, -0.2) is 29.5 Å². The van der Waals surface area contributed by atoms with Gasteiger partial charge >= 0.3 is 0 Å². The molecule has 20 heavy (non-hydrogen) atoms. The van der Waals surface area contributed by atoms with Crippen LogP contribution < -0.4 is 10.2 Å². The molecular weight excluding hydrogens is 290 g/mol. The van der Waals surface area contributed by atoms with E-state index in [4.69, 9.17) is 4.89 Å². The first-order chi connectivity index (χ1) is 9.24. The Bertz CT molecular complexity index is 402. The van der Waals surface area contributed by atoms with Gasteiger partial charge in [-0.2, -0.15) is 0 Å². The van der Waals surface area contributed by atoms with Gasteiger partial charge in [-0.1, -0.05) is 29.8 Å². The summed E-state index contributed by atoms with van der Waals surface area (Å²) in [6.07, 6.45) is 5.82. The topological polar surface area (TPSA) is 60.4 Å². The molecule has 1 aromatic rings. The first kappa shape index (κ1) is 19.8. The van der Waals surface area contributed by atoms with Gasteiger partial charge < -0.3 is 14.4 Å². The quantitative estimate of drug-likeness (QED) is 0.848. The maximum absolute atomic E-state index is 10.5. The number of rotatable bonds is 5. The van der Waals surface area contributed by atoms with Crippen molar-refractivity contribution in [2.75, 3.05) is 24.6 Å². The lowest BCUT2D eigenvalue weighted by molar-refractivity contribution is -0.188. The standard InChI is InChI=1S/C8H20P.C7H9O3P/c1-5-9(6-2,7-3)8-4;1-6-2-4-7(5-3-6)11(8,9)10/h5-8H2,1-4H3;2-5H,1H3,(H2,8,9,10)/q+1;/p-1. The van der Waals surface area contributed by atoms with Crippen molar-refractivity contribution in [2.45, 2.75) is 34.6 Å². The minimum Gasteiger partial charge on any atom is -0.775 e. The molecule has 0 aliphatic rings. The van der Waals surface area contributed by atoms with Gasteiger partial charge in [0, 0.05) is 12.6 Å². The number of hydrogen-bond donors (Lipinski definition) is 1. The fourth-order valence-corrected chi connectivity index (χ4v) is 5.28. The van der Waals surface area contributed by atoms with Crippen molar-refractivity contribution in [2.24, 2.45) is 0 Å². The third-order valence-corrected chi connectivity index (χ3v) is 10.4. The summed E-state index contributed by atoms with van der Waals surface area (Å²) in [4.78, 5) is 19.1. The summed E-state index contributed by atoms with van der Waals surface area (Å²) in [5.74, 6) is 0. The number of aryl methyl sites for hydroxylation is 1. The van der Waals surface area contributed by atoms with E-state index in [2.05, 4.69) is 27.7 Å². The van der Waals surface area contributed by atoms with Crippen molar-refractivity contribution >= 4 is 20.2 Å². The van der Waals surface area contributed by atoms with Crippen molar-refractivity contribution in [3.8, 4) is 0 Å². The van der Waals surface area contributed by atoms with Gasteiger partial charge in [0.15, 0.2) is 7.60 Å². The number of hydrogen-bond acceptors (Lipinski definition) is 2. The van der Waals surface area contributed by atoms with Crippen LogP contribution in [0, 0.1) is 6.92 Å². The van der Waals surface area contributed by atoms with Gasteiger partial charge in [-0.3, -0.25) is 0 Å². The molecule has 116 valence electrons. The van der Waals surface area contributed by atoms with Crippen LogP contribution in [0.3, 0.4) is 0 Å². The third kappa shape index (κ3) is 6.50. The average molecular weight is 318 g/mol. The van der Waals surface area contributed by atoms with Crippen LogP contribution in [0.2, 0.25) is 0 Å². The van der Waals surface area contributed by atoms with Crippen molar-refractivity contribution in [3.05, 3.63) is 29.8 Å². The normalized spacial score (nSPS) is 14.2. The van der Waals surface area contributed by atoms with E-state index in [1.807, 2.05) is 6.92 Å². The van der Waals surface area contributed by atoms with Gasteiger partial charge in [-0.15, -0.1) is 0 Å². The van der Waals surface area contributed by atoms with Crippen LogP contribution >= 0.6 is 14.9 Å². The molecule has 0 aliphatic carbocycles. The molecule has 1 atom stereocenters. The zero-order valence-corrected chi connectivity index (χ0v) is 15.1. The monoisotopic (exact) mass is 318 g/mol. The summed E-state index contributed by atoms with van der Waals surface area (Å²) >= 11 is 0. The van der Waals surface area contributed by atoms with E-state index in [0.29, 0.717) is 0 Å². The smallest absolute Gasteiger partial charge is 0.162 e. The van der Waals surface area contributed by atoms with E-state index in [1.165, 1.54) is 36.8 Å². The Labute approximate surface area is 124 Å². The molecule has 1 rings (SSSR count). The Morgan fingerprint density at radius 3 is 1.55 bits per heavy atom. The molecule has 0 saturated carbocycles. The SMILES string of the molecule is CC[P+](CC)(CC)CC.Cc1ccc(P(=O)([O-])O)cc1. The Hall–Kier alpha value is -0.200. The molecule has 0 aliphatic heterocycles. The fraction of sp³-hybridized carbons (Fsp3) is 0.600. The van der Waals surface area contributed by atoms with Crippen LogP contribution in [0.25, 0.3) is 0 Å². The van der Waals surface area contributed by atoms with Crippen molar-refractivity contribution < 1.29 is 14.4 Å². The second-order valence-electron chi connectivity index (χ2n) is 4.96. The summed E-state index contributed by atoms with van der Waals surface area (Å²) in [6, 6.07) is 6.03. The molecule has 3 nitrogen and oxygen atoms in total. The molecular formula is C15H28O3P2. The fourth-order valence-electron chi connectivity index (χ4n) is 2.07. The molecule has 0 saturated heterocycles. The van der Waals surface area contributed by atoms with E-state index < -0.39 is 14.9 Å². The molecule has 1 unspecified atom stereocenters. The maximum Gasteiger partial charge on any atom is 0.162 e. The molecule has 0 bridgehead atoms. The van der Waals surface area contributed by atoms with Gasteiger partial charge in [0.05, 0.1) is 24.6 Å². The second kappa shape index (κ2) is 8.95. The molecule has 0 spiro atoms. The summed E-state index contributed by atoms with van der Waals surface area (Å²) in [5, 5.41) is -0.0388. The van der Waals surface area contributed by atoms with Crippen LogP contribution in [0.4, 0.5) is 0 Å².